The second-order valence-corrected chi connectivity index (χ2v) is 3.08. The minimum absolute atomic E-state index is 0.204. The van der Waals surface area contributed by atoms with Crippen LogP contribution in [0.1, 0.15) is 17.3 Å². The molecule has 0 heterocycles. The molecule has 0 aliphatic carbocycles. The molecular formula is C10H8F4O2. The number of para-hydroxylation sites is 1. The molecule has 0 aromatic heterocycles. The van der Waals surface area contributed by atoms with E-state index in [1.54, 1.807) is 0 Å². The van der Waals surface area contributed by atoms with Crippen molar-refractivity contribution in [3.63, 3.8) is 0 Å². The first-order valence-electron chi connectivity index (χ1n) is 4.30. The van der Waals surface area contributed by atoms with Gasteiger partial charge in [-0.1, -0.05) is 6.07 Å². The third-order valence-electron chi connectivity index (χ3n) is 1.73. The van der Waals surface area contributed by atoms with E-state index in [2.05, 4.69) is 4.74 Å². The summed E-state index contributed by atoms with van der Waals surface area (Å²) in [6.07, 6.45) is -4.57. The summed E-state index contributed by atoms with van der Waals surface area (Å²) in [4.78, 5) is 11.0. The van der Waals surface area contributed by atoms with Gasteiger partial charge in [0, 0.05) is 0 Å². The summed E-state index contributed by atoms with van der Waals surface area (Å²) in [5.41, 5.74) is -0.204. The van der Waals surface area contributed by atoms with Crippen molar-refractivity contribution >= 4 is 5.78 Å². The van der Waals surface area contributed by atoms with Crippen LogP contribution in [0.15, 0.2) is 18.2 Å². The molecule has 1 aromatic carbocycles. The van der Waals surface area contributed by atoms with Crippen LogP contribution in [0.3, 0.4) is 0 Å². The van der Waals surface area contributed by atoms with Crippen LogP contribution in [0.4, 0.5) is 17.6 Å². The standard InChI is InChI=1S/C10H8F4O2/c1-6(15)7-3-2-4-8(11)9(7)16-5-10(12,13)14/h2-4H,5H2,1H3. The van der Waals surface area contributed by atoms with E-state index in [-0.39, 0.29) is 5.56 Å². The molecular weight excluding hydrogens is 228 g/mol. The summed E-state index contributed by atoms with van der Waals surface area (Å²) in [6.45, 7) is -0.510. The lowest BCUT2D eigenvalue weighted by Gasteiger charge is -2.12. The topological polar surface area (TPSA) is 26.3 Å². The number of carbonyl (C=O) groups excluding carboxylic acids is 1. The summed E-state index contributed by atoms with van der Waals surface area (Å²) < 4.78 is 53.0. The van der Waals surface area contributed by atoms with Crippen molar-refractivity contribution in [1.29, 1.82) is 0 Å². The zero-order valence-electron chi connectivity index (χ0n) is 8.27. The fourth-order valence-corrected chi connectivity index (χ4v) is 1.09. The van der Waals surface area contributed by atoms with Gasteiger partial charge in [-0.2, -0.15) is 13.2 Å². The molecule has 1 aromatic rings. The highest BCUT2D eigenvalue weighted by Crippen LogP contribution is 2.25. The number of rotatable bonds is 3. The van der Waals surface area contributed by atoms with Crippen molar-refractivity contribution in [2.45, 2.75) is 13.1 Å². The number of ether oxygens (including phenoxy) is 1. The molecule has 0 N–H and O–H groups in total. The minimum atomic E-state index is -4.57. The normalized spacial score (nSPS) is 11.3. The Morgan fingerprint density at radius 1 is 1.38 bits per heavy atom. The monoisotopic (exact) mass is 236 g/mol. The van der Waals surface area contributed by atoms with Gasteiger partial charge < -0.3 is 4.74 Å². The summed E-state index contributed by atoms with van der Waals surface area (Å²) in [6, 6.07) is 3.36. The Kier molecular flexibility index (Phi) is 3.51. The lowest BCUT2D eigenvalue weighted by atomic mass is 10.1. The van der Waals surface area contributed by atoms with E-state index < -0.39 is 30.1 Å². The molecule has 0 atom stereocenters. The van der Waals surface area contributed by atoms with E-state index in [9.17, 15) is 22.4 Å². The van der Waals surface area contributed by atoms with Gasteiger partial charge in [0.05, 0.1) is 5.56 Å². The Bertz CT molecular complexity index is 398. The van der Waals surface area contributed by atoms with Crippen LogP contribution < -0.4 is 4.74 Å². The second-order valence-electron chi connectivity index (χ2n) is 3.08. The number of benzene rings is 1. The van der Waals surface area contributed by atoms with Crippen LogP contribution in [-0.4, -0.2) is 18.6 Å². The van der Waals surface area contributed by atoms with Crippen molar-refractivity contribution < 1.29 is 27.1 Å². The molecule has 88 valence electrons. The van der Waals surface area contributed by atoms with Crippen LogP contribution >= 0.6 is 0 Å². The molecule has 2 nitrogen and oxygen atoms in total. The van der Waals surface area contributed by atoms with Crippen molar-refractivity contribution in [1.82, 2.24) is 0 Å². The highest BCUT2D eigenvalue weighted by atomic mass is 19.4. The molecule has 16 heavy (non-hydrogen) atoms. The molecule has 6 heteroatoms. The van der Waals surface area contributed by atoms with Crippen molar-refractivity contribution in [3.8, 4) is 5.75 Å². The first kappa shape index (κ1) is 12.5. The second kappa shape index (κ2) is 4.51. The molecule has 0 saturated carbocycles. The molecule has 0 amide bonds. The van der Waals surface area contributed by atoms with Gasteiger partial charge in [-0.15, -0.1) is 0 Å². The first-order chi connectivity index (χ1) is 7.31. The van der Waals surface area contributed by atoms with Crippen LogP contribution in [0.25, 0.3) is 0 Å². The average molecular weight is 236 g/mol. The quantitative estimate of drug-likeness (QED) is 0.595. The lowest BCUT2D eigenvalue weighted by Crippen LogP contribution is -2.20. The number of Topliss-reactive ketones (excluding diaryl/α,β-unsaturated/α-hetero) is 1. The molecule has 0 bridgehead atoms. The predicted octanol–water partition coefficient (Wildman–Crippen LogP) is 2.97. The van der Waals surface area contributed by atoms with E-state index in [0.717, 1.165) is 13.0 Å². The van der Waals surface area contributed by atoms with Gasteiger partial charge in [-0.25, -0.2) is 4.39 Å². The fraction of sp³-hybridized carbons (Fsp3) is 0.300. The number of ketones is 1. The van der Waals surface area contributed by atoms with Crippen molar-refractivity contribution in [2.24, 2.45) is 0 Å². The smallest absolute Gasteiger partial charge is 0.422 e. The number of halogens is 4. The van der Waals surface area contributed by atoms with Gasteiger partial charge in [0.25, 0.3) is 0 Å². The number of hydrogen-bond donors (Lipinski definition) is 0. The van der Waals surface area contributed by atoms with Crippen LogP contribution in [-0.2, 0) is 0 Å². The molecule has 0 unspecified atom stereocenters. The number of carbonyl (C=O) groups is 1. The Balaban J connectivity index is 2.98. The van der Waals surface area contributed by atoms with E-state index in [1.165, 1.54) is 12.1 Å². The maximum atomic E-state index is 13.1. The number of hydrogen-bond acceptors (Lipinski definition) is 2. The van der Waals surface area contributed by atoms with Gasteiger partial charge in [0.2, 0.25) is 0 Å². The van der Waals surface area contributed by atoms with E-state index in [4.69, 9.17) is 0 Å². The van der Waals surface area contributed by atoms with Gasteiger partial charge in [-0.3, -0.25) is 4.79 Å². The SMILES string of the molecule is CC(=O)c1cccc(F)c1OCC(F)(F)F. The summed E-state index contributed by atoms with van der Waals surface area (Å²) in [7, 11) is 0. The minimum Gasteiger partial charge on any atom is -0.480 e. The zero-order chi connectivity index (χ0) is 12.3. The van der Waals surface area contributed by atoms with Crippen LogP contribution in [0, 0.1) is 5.82 Å². The summed E-state index contributed by atoms with van der Waals surface area (Å²) >= 11 is 0. The van der Waals surface area contributed by atoms with E-state index in [0.29, 0.717) is 0 Å². The number of alkyl halides is 3. The Morgan fingerprint density at radius 2 is 2.00 bits per heavy atom. The third kappa shape index (κ3) is 3.22. The highest BCUT2D eigenvalue weighted by Gasteiger charge is 2.29. The fourth-order valence-electron chi connectivity index (χ4n) is 1.09. The summed E-state index contributed by atoms with van der Waals surface area (Å²) in [5, 5.41) is 0. The molecule has 0 aliphatic heterocycles. The van der Waals surface area contributed by atoms with Gasteiger partial charge in [0.15, 0.2) is 24.0 Å². The Hall–Kier alpha value is -1.59. The highest BCUT2D eigenvalue weighted by molar-refractivity contribution is 5.96. The third-order valence-corrected chi connectivity index (χ3v) is 1.73. The average Bonchev–Trinajstić information content (AvgIpc) is 2.13. The maximum Gasteiger partial charge on any atom is 0.422 e. The van der Waals surface area contributed by atoms with Gasteiger partial charge in [-0.05, 0) is 19.1 Å². The van der Waals surface area contributed by atoms with Crippen LogP contribution in [0.2, 0.25) is 0 Å². The Morgan fingerprint density at radius 3 is 2.50 bits per heavy atom. The maximum absolute atomic E-state index is 13.1. The summed E-state index contributed by atoms with van der Waals surface area (Å²) in [5.74, 6) is -2.21. The molecule has 0 aliphatic rings. The first-order valence-corrected chi connectivity index (χ1v) is 4.30. The Labute approximate surface area is 88.8 Å². The van der Waals surface area contributed by atoms with E-state index in [1.807, 2.05) is 0 Å². The molecule has 0 radical (unpaired) electrons. The largest absolute Gasteiger partial charge is 0.480 e. The van der Waals surface area contributed by atoms with Crippen molar-refractivity contribution in [2.75, 3.05) is 6.61 Å². The lowest BCUT2D eigenvalue weighted by molar-refractivity contribution is -0.153. The molecule has 0 saturated heterocycles. The van der Waals surface area contributed by atoms with Crippen molar-refractivity contribution in [3.05, 3.63) is 29.6 Å². The van der Waals surface area contributed by atoms with Gasteiger partial charge >= 0.3 is 6.18 Å². The zero-order valence-corrected chi connectivity index (χ0v) is 8.27. The predicted molar refractivity (Wildman–Crippen MR) is 48.0 cm³/mol. The molecule has 0 fully saturated rings. The van der Waals surface area contributed by atoms with Crippen LogP contribution in [0.5, 0.6) is 5.75 Å². The van der Waals surface area contributed by atoms with Gasteiger partial charge in [0.1, 0.15) is 0 Å². The van der Waals surface area contributed by atoms with E-state index >= 15 is 0 Å². The molecule has 1 rings (SSSR count). The molecule has 0 spiro atoms.